The lowest BCUT2D eigenvalue weighted by atomic mass is 9.86. The average Bonchev–Trinajstić information content (AvgIpc) is 2.65. The van der Waals surface area contributed by atoms with Crippen LogP contribution in [-0.4, -0.2) is 45.2 Å². The van der Waals surface area contributed by atoms with Crippen molar-refractivity contribution >= 4 is 38.3 Å². The Labute approximate surface area is 151 Å². The highest BCUT2D eigenvalue weighted by Crippen LogP contribution is 2.42. The van der Waals surface area contributed by atoms with Crippen LogP contribution in [0.3, 0.4) is 0 Å². The maximum absolute atomic E-state index is 13.1. The van der Waals surface area contributed by atoms with Gasteiger partial charge in [0.1, 0.15) is 6.33 Å². The number of aliphatic hydroxyl groups excluding tert-OH is 2. The topological polar surface area (TPSA) is 95.3 Å². The number of carbonyl (C=O) groups is 1. The van der Waals surface area contributed by atoms with Gasteiger partial charge in [-0.3, -0.25) is 4.79 Å². The highest BCUT2D eigenvalue weighted by molar-refractivity contribution is 9.10. The molecule has 3 aromatic rings. The van der Waals surface area contributed by atoms with Crippen LogP contribution in [0, 0.1) is 0 Å². The molecule has 1 unspecified atom stereocenters. The molecule has 6 nitrogen and oxygen atoms in total. The molecule has 1 aliphatic rings. The molecule has 1 aliphatic carbocycles. The number of ketones is 1. The average molecular weight is 400 g/mol. The van der Waals surface area contributed by atoms with Crippen molar-refractivity contribution in [2.24, 2.45) is 0 Å². The number of anilines is 1. The number of hydrogen-bond donors (Lipinski definition) is 3. The third kappa shape index (κ3) is 2.52. The van der Waals surface area contributed by atoms with Crippen LogP contribution in [0.2, 0.25) is 0 Å². The van der Waals surface area contributed by atoms with Gasteiger partial charge in [-0.05, 0) is 22.0 Å². The van der Waals surface area contributed by atoms with E-state index >= 15 is 0 Å². The standard InChI is InChI=1S/C18H14BrN3O3/c19-12-5-13(20-6-9(24)7-23)14-15-16(21-8-22-17(12)15)10-3-1-2-4-11(10)18(14)25/h1-5,8-9,20,23-24H,6-7H2. The fourth-order valence-corrected chi connectivity index (χ4v) is 3.63. The third-order valence-electron chi connectivity index (χ3n) is 4.26. The normalized spacial score (nSPS) is 13.6. The minimum absolute atomic E-state index is 0.114. The summed E-state index contributed by atoms with van der Waals surface area (Å²) >= 11 is 3.50. The summed E-state index contributed by atoms with van der Waals surface area (Å²) in [6.07, 6.45) is 0.570. The van der Waals surface area contributed by atoms with Crippen LogP contribution in [0.15, 0.2) is 41.1 Å². The Bertz CT molecular complexity index is 1010. The molecule has 25 heavy (non-hydrogen) atoms. The SMILES string of the molecule is O=C1c2ccccc2-c2ncnc3c(Br)cc(NCC(O)CO)c1c23. The minimum atomic E-state index is -0.917. The molecule has 0 saturated carbocycles. The molecule has 126 valence electrons. The summed E-state index contributed by atoms with van der Waals surface area (Å²) in [6, 6.07) is 9.12. The fraction of sp³-hybridized carbons (Fsp3) is 0.167. The van der Waals surface area contributed by atoms with E-state index in [1.807, 2.05) is 18.2 Å². The van der Waals surface area contributed by atoms with Crippen molar-refractivity contribution in [1.29, 1.82) is 0 Å². The van der Waals surface area contributed by atoms with Gasteiger partial charge in [0.25, 0.3) is 0 Å². The highest BCUT2D eigenvalue weighted by atomic mass is 79.9. The molecule has 4 rings (SSSR count). The van der Waals surface area contributed by atoms with Crippen LogP contribution in [-0.2, 0) is 0 Å². The Morgan fingerprint density at radius 3 is 2.72 bits per heavy atom. The summed E-state index contributed by atoms with van der Waals surface area (Å²) in [5.41, 5.74) is 3.80. The van der Waals surface area contributed by atoms with Crippen molar-refractivity contribution in [3.05, 3.63) is 52.3 Å². The van der Waals surface area contributed by atoms with Crippen LogP contribution in [0.4, 0.5) is 5.69 Å². The molecule has 0 saturated heterocycles. The Hall–Kier alpha value is -2.35. The van der Waals surface area contributed by atoms with Crippen molar-refractivity contribution in [2.75, 3.05) is 18.5 Å². The minimum Gasteiger partial charge on any atom is -0.394 e. The van der Waals surface area contributed by atoms with E-state index in [0.29, 0.717) is 33.4 Å². The number of hydrogen-bond acceptors (Lipinski definition) is 6. The summed E-state index contributed by atoms with van der Waals surface area (Å²) in [5, 5.41) is 22.4. The van der Waals surface area contributed by atoms with Gasteiger partial charge in [0, 0.05) is 33.2 Å². The lowest BCUT2D eigenvalue weighted by molar-refractivity contribution is 0.103. The van der Waals surface area contributed by atoms with Gasteiger partial charge in [0.2, 0.25) is 0 Å². The molecule has 0 aliphatic heterocycles. The molecule has 0 amide bonds. The van der Waals surface area contributed by atoms with Gasteiger partial charge in [-0.25, -0.2) is 9.97 Å². The van der Waals surface area contributed by atoms with E-state index in [1.165, 1.54) is 6.33 Å². The Morgan fingerprint density at radius 1 is 1.20 bits per heavy atom. The van der Waals surface area contributed by atoms with Crippen molar-refractivity contribution in [2.45, 2.75) is 6.10 Å². The highest BCUT2D eigenvalue weighted by Gasteiger charge is 2.30. The summed E-state index contributed by atoms with van der Waals surface area (Å²) in [7, 11) is 0. The molecule has 2 aromatic carbocycles. The second kappa shape index (κ2) is 6.18. The van der Waals surface area contributed by atoms with E-state index in [4.69, 9.17) is 5.11 Å². The van der Waals surface area contributed by atoms with Crippen LogP contribution in [0.1, 0.15) is 15.9 Å². The van der Waals surface area contributed by atoms with Crippen molar-refractivity contribution in [3.63, 3.8) is 0 Å². The van der Waals surface area contributed by atoms with Crippen molar-refractivity contribution in [1.82, 2.24) is 9.97 Å². The van der Waals surface area contributed by atoms with Gasteiger partial charge in [-0.15, -0.1) is 0 Å². The second-order valence-electron chi connectivity index (χ2n) is 5.82. The van der Waals surface area contributed by atoms with E-state index in [0.717, 1.165) is 10.0 Å². The van der Waals surface area contributed by atoms with Crippen molar-refractivity contribution in [3.8, 4) is 11.3 Å². The summed E-state index contributed by atoms with van der Waals surface area (Å²) < 4.78 is 0.725. The van der Waals surface area contributed by atoms with E-state index in [2.05, 4.69) is 31.2 Å². The third-order valence-corrected chi connectivity index (χ3v) is 4.86. The first-order valence-electron chi connectivity index (χ1n) is 7.76. The maximum atomic E-state index is 13.1. The first kappa shape index (κ1) is 16.1. The fourth-order valence-electron chi connectivity index (χ4n) is 3.10. The monoisotopic (exact) mass is 399 g/mol. The number of aromatic nitrogens is 2. The molecule has 7 heteroatoms. The number of nitrogens with one attached hydrogen (secondary N) is 1. The summed E-state index contributed by atoms with van der Waals surface area (Å²) in [6.45, 7) is -0.235. The molecular formula is C18H14BrN3O3. The zero-order valence-electron chi connectivity index (χ0n) is 13.0. The smallest absolute Gasteiger partial charge is 0.196 e. The van der Waals surface area contributed by atoms with E-state index in [9.17, 15) is 9.90 Å². The lowest BCUT2D eigenvalue weighted by Crippen LogP contribution is -2.24. The van der Waals surface area contributed by atoms with E-state index in [-0.39, 0.29) is 18.9 Å². The van der Waals surface area contributed by atoms with Crippen LogP contribution >= 0.6 is 15.9 Å². The molecule has 0 radical (unpaired) electrons. The number of aliphatic hydroxyl groups is 2. The Kier molecular flexibility index (Phi) is 3.99. The van der Waals surface area contributed by atoms with Gasteiger partial charge in [-0.1, -0.05) is 24.3 Å². The van der Waals surface area contributed by atoms with Crippen LogP contribution < -0.4 is 5.32 Å². The van der Waals surface area contributed by atoms with E-state index < -0.39 is 6.10 Å². The molecular weight excluding hydrogens is 386 g/mol. The molecule has 1 aromatic heterocycles. The quantitative estimate of drug-likeness (QED) is 0.487. The first-order chi connectivity index (χ1) is 12.1. The predicted octanol–water partition coefficient (Wildman–Crippen LogP) is 2.37. The molecule has 3 N–H and O–H groups in total. The van der Waals surface area contributed by atoms with Gasteiger partial charge >= 0.3 is 0 Å². The van der Waals surface area contributed by atoms with Gasteiger partial charge in [0.15, 0.2) is 5.78 Å². The molecule has 1 atom stereocenters. The number of nitrogens with zero attached hydrogens (tertiary/aromatic N) is 2. The van der Waals surface area contributed by atoms with E-state index in [1.54, 1.807) is 12.1 Å². The summed E-state index contributed by atoms with van der Waals surface area (Å²) in [4.78, 5) is 21.8. The molecule has 1 heterocycles. The van der Waals surface area contributed by atoms with Crippen molar-refractivity contribution < 1.29 is 15.0 Å². The van der Waals surface area contributed by atoms with Crippen LogP contribution in [0.25, 0.3) is 22.2 Å². The number of benzene rings is 2. The predicted molar refractivity (Wildman–Crippen MR) is 97.7 cm³/mol. The Balaban J connectivity index is 2.00. The zero-order valence-corrected chi connectivity index (χ0v) is 14.6. The number of fused-ring (bicyclic) bond motifs is 2. The Morgan fingerprint density at radius 2 is 1.96 bits per heavy atom. The van der Waals surface area contributed by atoms with Crippen LogP contribution in [0.5, 0.6) is 0 Å². The lowest BCUT2D eigenvalue weighted by Gasteiger charge is -2.22. The second-order valence-corrected chi connectivity index (χ2v) is 6.67. The van der Waals surface area contributed by atoms with Gasteiger partial charge < -0.3 is 15.5 Å². The molecule has 0 bridgehead atoms. The zero-order chi connectivity index (χ0) is 17.6. The summed E-state index contributed by atoms with van der Waals surface area (Å²) in [5.74, 6) is -0.114. The first-order valence-corrected chi connectivity index (χ1v) is 8.55. The maximum Gasteiger partial charge on any atom is 0.196 e. The number of rotatable bonds is 4. The molecule has 0 spiro atoms. The molecule has 0 fully saturated rings. The largest absolute Gasteiger partial charge is 0.394 e. The number of carbonyl (C=O) groups excluding carboxylic acids is 1. The van der Waals surface area contributed by atoms with Gasteiger partial charge in [-0.2, -0.15) is 0 Å². The number of halogens is 1. The van der Waals surface area contributed by atoms with Gasteiger partial charge in [0.05, 0.1) is 29.5 Å².